The van der Waals surface area contributed by atoms with Gasteiger partial charge in [-0.25, -0.2) is 8.42 Å². The van der Waals surface area contributed by atoms with Crippen molar-refractivity contribution < 1.29 is 17.9 Å². The van der Waals surface area contributed by atoms with E-state index in [0.717, 1.165) is 43.1 Å². The maximum Gasteiger partial charge on any atom is 0.255 e. The quantitative estimate of drug-likeness (QED) is 0.582. The third kappa shape index (κ3) is 4.87. The number of amides is 1. The molecule has 0 atom stereocenters. The number of aromatic nitrogens is 1. The van der Waals surface area contributed by atoms with Crippen LogP contribution in [0.1, 0.15) is 36.0 Å². The SMILES string of the molecule is COCCn1ccc2cc(NC(=O)c3cccc(S(=O)(=O)N4CCCCCC4)c3)ccc21. The van der Waals surface area contributed by atoms with E-state index in [1.54, 1.807) is 29.6 Å². The van der Waals surface area contributed by atoms with Crippen molar-refractivity contribution in [2.45, 2.75) is 37.1 Å². The molecule has 4 rings (SSSR count). The molecule has 8 heteroatoms. The van der Waals surface area contributed by atoms with E-state index in [2.05, 4.69) is 9.88 Å². The normalized spacial score (nSPS) is 15.5. The van der Waals surface area contributed by atoms with Crippen LogP contribution in [0.2, 0.25) is 0 Å². The van der Waals surface area contributed by atoms with E-state index in [-0.39, 0.29) is 10.8 Å². The van der Waals surface area contributed by atoms with Gasteiger partial charge in [0, 0.05) is 55.1 Å². The highest BCUT2D eigenvalue weighted by Gasteiger charge is 2.25. The number of rotatable bonds is 7. The van der Waals surface area contributed by atoms with Crippen molar-refractivity contribution in [1.82, 2.24) is 8.87 Å². The molecule has 0 bridgehead atoms. The van der Waals surface area contributed by atoms with Gasteiger partial charge in [0.05, 0.1) is 11.5 Å². The minimum absolute atomic E-state index is 0.165. The molecular weight excluding hydrogens is 426 g/mol. The molecule has 1 aromatic heterocycles. The zero-order valence-electron chi connectivity index (χ0n) is 18.3. The fourth-order valence-corrected chi connectivity index (χ4v) is 5.66. The minimum atomic E-state index is -3.61. The second-order valence-electron chi connectivity index (χ2n) is 8.08. The summed E-state index contributed by atoms with van der Waals surface area (Å²) >= 11 is 0. The average molecular weight is 456 g/mol. The van der Waals surface area contributed by atoms with Gasteiger partial charge in [0.25, 0.3) is 5.91 Å². The summed E-state index contributed by atoms with van der Waals surface area (Å²) in [7, 11) is -1.93. The van der Waals surface area contributed by atoms with Crippen molar-refractivity contribution >= 4 is 32.5 Å². The molecule has 170 valence electrons. The molecular formula is C24H29N3O4S. The highest BCUT2D eigenvalue weighted by atomic mass is 32.2. The first kappa shape index (κ1) is 22.5. The van der Waals surface area contributed by atoms with Crippen molar-refractivity contribution in [3.8, 4) is 0 Å². The number of nitrogens with zero attached hydrogens (tertiary/aromatic N) is 2. The second kappa shape index (κ2) is 9.85. The summed E-state index contributed by atoms with van der Waals surface area (Å²) in [5, 5.41) is 3.90. The molecule has 0 aliphatic carbocycles. The van der Waals surface area contributed by atoms with E-state index in [1.165, 1.54) is 6.07 Å². The fourth-order valence-electron chi connectivity index (χ4n) is 4.09. The summed E-state index contributed by atoms with van der Waals surface area (Å²) in [6.45, 7) is 2.44. The van der Waals surface area contributed by atoms with E-state index in [0.29, 0.717) is 30.9 Å². The summed E-state index contributed by atoms with van der Waals surface area (Å²) in [6.07, 6.45) is 5.83. The maximum atomic E-state index is 13.1. The minimum Gasteiger partial charge on any atom is -0.383 e. The van der Waals surface area contributed by atoms with Crippen LogP contribution < -0.4 is 5.32 Å². The molecule has 1 N–H and O–H groups in total. The van der Waals surface area contributed by atoms with Gasteiger partial charge in [0.15, 0.2) is 0 Å². The Bertz CT molecular complexity index is 1190. The molecule has 7 nitrogen and oxygen atoms in total. The summed E-state index contributed by atoms with van der Waals surface area (Å²) in [6, 6.07) is 14.0. The Morgan fingerprint density at radius 2 is 1.81 bits per heavy atom. The Morgan fingerprint density at radius 3 is 2.56 bits per heavy atom. The van der Waals surface area contributed by atoms with Crippen LogP contribution in [0.3, 0.4) is 0 Å². The number of hydrogen-bond donors (Lipinski definition) is 1. The van der Waals surface area contributed by atoms with Crippen molar-refractivity contribution in [1.29, 1.82) is 0 Å². The molecule has 2 heterocycles. The Morgan fingerprint density at radius 1 is 1.03 bits per heavy atom. The van der Waals surface area contributed by atoms with Crippen LogP contribution >= 0.6 is 0 Å². The Balaban J connectivity index is 1.51. The number of benzene rings is 2. The highest BCUT2D eigenvalue weighted by molar-refractivity contribution is 7.89. The summed E-state index contributed by atoms with van der Waals surface area (Å²) in [5.41, 5.74) is 2.04. The fraction of sp³-hybridized carbons (Fsp3) is 0.375. The molecule has 1 aliphatic heterocycles. The van der Waals surface area contributed by atoms with Gasteiger partial charge in [-0.1, -0.05) is 18.9 Å². The number of hydrogen-bond acceptors (Lipinski definition) is 4. The lowest BCUT2D eigenvalue weighted by atomic mass is 10.2. The summed E-state index contributed by atoms with van der Waals surface area (Å²) in [4.78, 5) is 13.0. The third-order valence-electron chi connectivity index (χ3n) is 5.86. The molecule has 2 aromatic carbocycles. The van der Waals surface area contributed by atoms with Crippen molar-refractivity contribution in [3.63, 3.8) is 0 Å². The van der Waals surface area contributed by atoms with E-state index < -0.39 is 10.0 Å². The van der Waals surface area contributed by atoms with Crippen molar-refractivity contribution in [2.24, 2.45) is 0 Å². The number of carbonyl (C=O) groups excluding carboxylic acids is 1. The Labute approximate surface area is 189 Å². The molecule has 1 amide bonds. The average Bonchev–Trinajstić information content (AvgIpc) is 2.99. The van der Waals surface area contributed by atoms with E-state index in [4.69, 9.17) is 4.74 Å². The topological polar surface area (TPSA) is 80.6 Å². The molecule has 3 aromatic rings. The molecule has 1 aliphatic rings. The molecule has 0 saturated carbocycles. The maximum absolute atomic E-state index is 13.1. The lowest BCUT2D eigenvalue weighted by molar-refractivity contribution is 0.102. The molecule has 1 fully saturated rings. The van der Waals surface area contributed by atoms with E-state index in [1.807, 2.05) is 30.5 Å². The molecule has 0 radical (unpaired) electrons. The Hall–Kier alpha value is -2.68. The number of nitrogens with one attached hydrogen (secondary N) is 1. The first-order valence-electron chi connectivity index (χ1n) is 11.0. The summed E-state index contributed by atoms with van der Waals surface area (Å²) in [5.74, 6) is -0.337. The van der Waals surface area contributed by atoms with Gasteiger partial charge in [0.1, 0.15) is 0 Å². The second-order valence-corrected chi connectivity index (χ2v) is 10.0. The number of carbonyl (C=O) groups is 1. The van der Waals surface area contributed by atoms with Gasteiger partial charge >= 0.3 is 0 Å². The smallest absolute Gasteiger partial charge is 0.255 e. The zero-order valence-corrected chi connectivity index (χ0v) is 19.1. The predicted molar refractivity (Wildman–Crippen MR) is 125 cm³/mol. The van der Waals surface area contributed by atoms with Gasteiger partial charge in [-0.3, -0.25) is 4.79 Å². The number of fused-ring (bicyclic) bond motifs is 1. The monoisotopic (exact) mass is 455 g/mol. The number of ether oxygens (including phenoxy) is 1. The van der Waals surface area contributed by atoms with Gasteiger partial charge in [0.2, 0.25) is 10.0 Å². The molecule has 0 unspecified atom stereocenters. The predicted octanol–water partition coefficient (Wildman–Crippen LogP) is 4.10. The van der Waals surface area contributed by atoms with Gasteiger partial charge in [-0.2, -0.15) is 4.31 Å². The number of methoxy groups -OCH3 is 1. The van der Waals surface area contributed by atoms with Crippen LogP contribution in [0.25, 0.3) is 10.9 Å². The largest absolute Gasteiger partial charge is 0.383 e. The van der Waals surface area contributed by atoms with E-state index in [9.17, 15) is 13.2 Å². The van der Waals surface area contributed by atoms with E-state index >= 15 is 0 Å². The molecule has 1 saturated heterocycles. The van der Waals surface area contributed by atoms with Crippen molar-refractivity contribution in [3.05, 3.63) is 60.3 Å². The van der Waals surface area contributed by atoms with Crippen LogP contribution in [0.5, 0.6) is 0 Å². The van der Waals surface area contributed by atoms with Crippen molar-refractivity contribution in [2.75, 3.05) is 32.1 Å². The molecule has 32 heavy (non-hydrogen) atoms. The molecule has 0 spiro atoms. The van der Waals surface area contributed by atoms with Crippen LogP contribution in [-0.2, 0) is 21.3 Å². The number of anilines is 1. The lowest BCUT2D eigenvalue weighted by Gasteiger charge is -2.20. The standard InChI is InChI=1S/C24H29N3O4S/c1-31-16-15-26-14-11-19-17-21(9-10-23(19)26)25-24(28)20-7-6-8-22(18-20)32(29,30)27-12-4-2-3-5-13-27/h6-11,14,17-18H,2-5,12-13,15-16H2,1H3,(H,25,28). The number of sulfonamides is 1. The highest BCUT2D eigenvalue weighted by Crippen LogP contribution is 2.23. The van der Waals surface area contributed by atoms with Gasteiger partial charge in [-0.15, -0.1) is 0 Å². The van der Waals surface area contributed by atoms with Crippen LogP contribution in [0, 0.1) is 0 Å². The van der Waals surface area contributed by atoms with Crippen LogP contribution in [-0.4, -0.2) is 50.0 Å². The first-order valence-corrected chi connectivity index (χ1v) is 12.4. The van der Waals surface area contributed by atoms with Crippen LogP contribution in [0.15, 0.2) is 59.6 Å². The van der Waals surface area contributed by atoms with Gasteiger partial charge < -0.3 is 14.6 Å². The summed E-state index contributed by atoms with van der Waals surface area (Å²) < 4.78 is 34.9. The Kier molecular flexibility index (Phi) is 6.93. The third-order valence-corrected chi connectivity index (χ3v) is 7.76. The van der Waals surface area contributed by atoms with Crippen LogP contribution in [0.4, 0.5) is 5.69 Å². The lowest BCUT2D eigenvalue weighted by Crippen LogP contribution is -2.32. The first-order chi connectivity index (χ1) is 15.5. The zero-order chi connectivity index (χ0) is 22.6. The van der Waals surface area contributed by atoms with Gasteiger partial charge in [-0.05, 0) is 55.3 Å².